The second-order valence-electron chi connectivity index (χ2n) is 15.0. The van der Waals surface area contributed by atoms with Gasteiger partial charge in [0.1, 0.15) is 6.04 Å². The third-order valence-electron chi connectivity index (χ3n) is 10.4. The highest BCUT2D eigenvalue weighted by Crippen LogP contribution is 2.29. The van der Waals surface area contributed by atoms with Gasteiger partial charge in [-0.15, -0.1) is 0 Å². The molecule has 0 bridgehead atoms. The van der Waals surface area contributed by atoms with Gasteiger partial charge in [-0.25, -0.2) is 9.78 Å². The zero-order valence-corrected chi connectivity index (χ0v) is 31.5. The first-order valence-corrected chi connectivity index (χ1v) is 19.1. The summed E-state index contributed by atoms with van der Waals surface area (Å²) in [6.07, 6.45) is 13.4. The Morgan fingerprint density at radius 3 is 2.44 bits per heavy atom. The van der Waals surface area contributed by atoms with Crippen LogP contribution in [0.3, 0.4) is 0 Å². The second-order valence-corrected chi connectivity index (χ2v) is 15.0. The van der Waals surface area contributed by atoms with E-state index in [0.29, 0.717) is 43.5 Å². The van der Waals surface area contributed by atoms with Crippen LogP contribution in [0.1, 0.15) is 89.3 Å². The summed E-state index contributed by atoms with van der Waals surface area (Å²) < 4.78 is 5.88. The molecule has 4 amide bonds. The zero-order valence-electron chi connectivity index (χ0n) is 31.5. The lowest BCUT2D eigenvalue weighted by Crippen LogP contribution is -2.56. The third-order valence-corrected chi connectivity index (χ3v) is 10.4. The standard InChI is InChI=1S/C40H60N6O6/c1-29(2)18-19-35(47)33(24-30-14-8-5-9-15-30)43-38(49)34(26-32-27-41-28-42-32)45(4)39(50)36(25-31-16-10-6-11-17-31)52-40(51)44(3)23-20-37(48)46-21-12-7-13-22-46/h6-7,10-12,16-17,27-30,33-36,47H,5,8-9,13-15,18-26H2,1-4H3,(H,41,42)(H,43,49)/t33-,34-,35-,36-/m0/s1. The summed E-state index contributed by atoms with van der Waals surface area (Å²) in [6, 6.07) is 7.83. The van der Waals surface area contributed by atoms with E-state index in [1.165, 1.54) is 22.5 Å². The number of aromatic nitrogens is 2. The molecule has 52 heavy (non-hydrogen) atoms. The number of aliphatic hydroxyl groups is 1. The number of likely N-dealkylation sites (N-methyl/N-ethyl adjacent to an activating group) is 1. The van der Waals surface area contributed by atoms with E-state index in [9.17, 15) is 24.3 Å². The minimum Gasteiger partial charge on any atom is -0.436 e. The van der Waals surface area contributed by atoms with Gasteiger partial charge in [0, 0.05) is 64.9 Å². The molecule has 1 aromatic heterocycles. The fraction of sp³-hybridized carbons (Fsp3) is 0.625. The first kappa shape index (κ1) is 40.6. The minimum absolute atomic E-state index is 0.0515. The second kappa shape index (κ2) is 20.7. The number of amides is 4. The number of nitrogens with zero attached hydrogens (tertiary/aromatic N) is 4. The lowest BCUT2D eigenvalue weighted by Gasteiger charge is -2.34. The first-order chi connectivity index (χ1) is 25.0. The van der Waals surface area contributed by atoms with E-state index in [4.69, 9.17) is 4.74 Å². The molecule has 0 radical (unpaired) electrons. The van der Waals surface area contributed by atoms with Gasteiger partial charge in [0.25, 0.3) is 5.91 Å². The van der Waals surface area contributed by atoms with Gasteiger partial charge in [0.15, 0.2) is 6.10 Å². The van der Waals surface area contributed by atoms with Gasteiger partial charge in [0.05, 0.1) is 18.5 Å². The molecular formula is C40H60N6O6. The Morgan fingerprint density at radius 1 is 1.04 bits per heavy atom. The summed E-state index contributed by atoms with van der Waals surface area (Å²) in [5, 5.41) is 14.5. The Kier molecular flexibility index (Phi) is 16.2. The van der Waals surface area contributed by atoms with Crippen LogP contribution in [0.25, 0.3) is 0 Å². The van der Waals surface area contributed by atoms with Crippen LogP contribution in [0.4, 0.5) is 4.79 Å². The number of benzene rings is 1. The van der Waals surface area contributed by atoms with Crippen LogP contribution in [0, 0.1) is 11.8 Å². The Morgan fingerprint density at radius 2 is 1.79 bits per heavy atom. The summed E-state index contributed by atoms with van der Waals surface area (Å²) in [7, 11) is 3.10. The highest BCUT2D eigenvalue weighted by Gasteiger charge is 2.36. The summed E-state index contributed by atoms with van der Waals surface area (Å²) >= 11 is 0. The predicted molar refractivity (Wildman–Crippen MR) is 200 cm³/mol. The molecule has 0 unspecified atom stereocenters. The normalized spacial score (nSPS) is 17.2. The van der Waals surface area contributed by atoms with Crippen LogP contribution in [-0.2, 0) is 32.0 Å². The van der Waals surface area contributed by atoms with Crippen molar-refractivity contribution in [3.05, 3.63) is 66.3 Å². The first-order valence-electron chi connectivity index (χ1n) is 19.1. The molecule has 1 aromatic carbocycles. The van der Waals surface area contributed by atoms with Crippen LogP contribution in [-0.4, -0.2) is 112 Å². The predicted octanol–water partition coefficient (Wildman–Crippen LogP) is 4.89. The number of H-pyrrole nitrogens is 1. The molecule has 4 rings (SSSR count). The molecule has 12 heteroatoms. The van der Waals surface area contributed by atoms with Crippen LogP contribution in [0.2, 0.25) is 0 Å². The van der Waals surface area contributed by atoms with E-state index < -0.39 is 36.3 Å². The number of nitrogens with one attached hydrogen (secondary N) is 2. The van der Waals surface area contributed by atoms with E-state index >= 15 is 0 Å². The molecular weight excluding hydrogens is 660 g/mol. The molecule has 1 aliphatic carbocycles. The SMILES string of the molecule is CC(C)CC[C@H](O)[C@H](CC1CCCCC1)NC(=O)[C@H](Cc1cnc[nH]1)N(C)C(=O)[C@H](Cc1ccccc1)OC(=O)N(C)CCC(=O)N1CC=CCC1. The highest BCUT2D eigenvalue weighted by atomic mass is 16.6. The Labute approximate surface area is 309 Å². The van der Waals surface area contributed by atoms with E-state index in [1.807, 2.05) is 42.5 Å². The van der Waals surface area contributed by atoms with E-state index in [2.05, 4.69) is 29.1 Å². The van der Waals surface area contributed by atoms with Crippen LogP contribution < -0.4 is 5.32 Å². The topological polar surface area (TPSA) is 148 Å². The number of carbonyl (C=O) groups excluding carboxylic acids is 4. The molecule has 3 N–H and O–H groups in total. The number of rotatable bonds is 18. The molecule has 2 aromatic rings. The molecule has 286 valence electrons. The largest absolute Gasteiger partial charge is 0.436 e. The quantitative estimate of drug-likeness (QED) is 0.186. The monoisotopic (exact) mass is 720 g/mol. The van der Waals surface area contributed by atoms with Crippen LogP contribution in [0.5, 0.6) is 0 Å². The number of aliphatic hydroxyl groups excluding tert-OH is 1. The van der Waals surface area contributed by atoms with Gasteiger partial charge in [-0.2, -0.15) is 0 Å². The number of hydrogen-bond acceptors (Lipinski definition) is 7. The van der Waals surface area contributed by atoms with Gasteiger partial charge in [-0.3, -0.25) is 14.4 Å². The number of hydrogen-bond donors (Lipinski definition) is 3. The van der Waals surface area contributed by atoms with Crippen molar-refractivity contribution in [2.24, 2.45) is 11.8 Å². The number of imidazole rings is 1. The Hall–Kier alpha value is -4.19. The molecule has 0 spiro atoms. The summed E-state index contributed by atoms with van der Waals surface area (Å²) in [5.74, 6) is -0.150. The zero-order chi connectivity index (χ0) is 37.5. The Bertz CT molecular complexity index is 1430. The minimum atomic E-state index is -1.24. The molecule has 1 aliphatic heterocycles. The third kappa shape index (κ3) is 12.8. The van der Waals surface area contributed by atoms with Gasteiger partial charge in [-0.05, 0) is 43.1 Å². The lowest BCUT2D eigenvalue weighted by molar-refractivity contribution is -0.146. The maximum atomic E-state index is 14.4. The van der Waals surface area contributed by atoms with Crippen molar-refractivity contribution in [2.45, 2.75) is 115 Å². The van der Waals surface area contributed by atoms with Crippen molar-refractivity contribution in [1.29, 1.82) is 0 Å². The van der Waals surface area contributed by atoms with Crippen molar-refractivity contribution in [2.75, 3.05) is 33.7 Å². The van der Waals surface area contributed by atoms with Gasteiger partial charge in [0.2, 0.25) is 11.8 Å². The average Bonchev–Trinajstić information content (AvgIpc) is 3.68. The van der Waals surface area contributed by atoms with Gasteiger partial charge in [-0.1, -0.05) is 88.4 Å². The molecule has 1 saturated carbocycles. The molecule has 2 aliphatic rings. The Balaban J connectivity index is 1.52. The van der Waals surface area contributed by atoms with E-state index in [1.54, 1.807) is 25.2 Å². The maximum Gasteiger partial charge on any atom is 0.410 e. The summed E-state index contributed by atoms with van der Waals surface area (Å²) in [6.45, 7) is 5.57. The van der Waals surface area contributed by atoms with Crippen molar-refractivity contribution >= 4 is 23.8 Å². The van der Waals surface area contributed by atoms with Gasteiger partial charge < -0.3 is 34.8 Å². The molecule has 12 nitrogen and oxygen atoms in total. The summed E-state index contributed by atoms with van der Waals surface area (Å²) in [4.78, 5) is 66.4. The number of ether oxygens (including phenoxy) is 1. The summed E-state index contributed by atoms with van der Waals surface area (Å²) in [5.41, 5.74) is 1.45. The van der Waals surface area contributed by atoms with Crippen molar-refractivity contribution in [3.8, 4) is 0 Å². The average molecular weight is 721 g/mol. The van der Waals surface area contributed by atoms with Crippen molar-refractivity contribution < 1.29 is 29.0 Å². The number of carbonyl (C=O) groups is 4. The molecule has 0 saturated heterocycles. The smallest absolute Gasteiger partial charge is 0.410 e. The van der Waals surface area contributed by atoms with Crippen molar-refractivity contribution in [3.63, 3.8) is 0 Å². The molecule has 1 fully saturated rings. The van der Waals surface area contributed by atoms with Crippen molar-refractivity contribution in [1.82, 2.24) is 30.0 Å². The van der Waals surface area contributed by atoms with Crippen LogP contribution in [0.15, 0.2) is 55.0 Å². The highest BCUT2D eigenvalue weighted by molar-refractivity contribution is 5.90. The fourth-order valence-electron chi connectivity index (χ4n) is 7.07. The molecule has 4 atom stereocenters. The lowest BCUT2D eigenvalue weighted by atomic mass is 9.83. The molecule has 2 heterocycles. The van der Waals surface area contributed by atoms with Crippen LogP contribution >= 0.6 is 0 Å². The maximum absolute atomic E-state index is 14.4. The van der Waals surface area contributed by atoms with E-state index in [-0.39, 0.29) is 37.6 Å². The van der Waals surface area contributed by atoms with Gasteiger partial charge >= 0.3 is 6.09 Å². The fourth-order valence-corrected chi connectivity index (χ4v) is 7.07. The number of aromatic amines is 1. The van der Waals surface area contributed by atoms with E-state index in [0.717, 1.165) is 44.1 Å².